The van der Waals surface area contributed by atoms with E-state index >= 15 is 0 Å². The van der Waals surface area contributed by atoms with Crippen LogP contribution in [0.3, 0.4) is 0 Å². The number of amides is 3. The number of hydrogen-bond donors (Lipinski definition) is 1. The highest BCUT2D eigenvalue weighted by Gasteiger charge is 2.40. The van der Waals surface area contributed by atoms with Crippen LogP contribution in [0.5, 0.6) is 0 Å². The van der Waals surface area contributed by atoms with Gasteiger partial charge in [0.15, 0.2) is 5.78 Å². The summed E-state index contributed by atoms with van der Waals surface area (Å²) >= 11 is 0. The second-order valence-electron chi connectivity index (χ2n) is 5.60. The molecule has 25 heavy (non-hydrogen) atoms. The number of nitrogens with zero attached hydrogens (tertiary/aromatic N) is 3. The first-order chi connectivity index (χ1) is 11.9. The van der Waals surface area contributed by atoms with Gasteiger partial charge in [0.05, 0.1) is 29.3 Å². The number of carbonyl (C=O) groups excluding carboxylic acids is 4. The van der Waals surface area contributed by atoms with E-state index in [1.807, 2.05) is 0 Å². The summed E-state index contributed by atoms with van der Waals surface area (Å²) in [5, 5.41) is 0. The number of benzene rings is 1. The molecule has 2 aromatic rings. The third-order valence-corrected chi connectivity index (χ3v) is 4.01. The van der Waals surface area contributed by atoms with Crippen molar-refractivity contribution in [2.24, 2.45) is 5.73 Å². The fraction of sp³-hybridized carbons (Fsp3) is 0.176. The molecule has 1 unspecified atom stereocenters. The zero-order valence-corrected chi connectivity index (χ0v) is 13.3. The Hall–Kier alpha value is -3.42. The molecule has 3 amide bonds. The summed E-state index contributed by atoms with van der Waals surface area (Å²) in [5.74, 6) is -2.11. The van der Waals surface area contributed by atoms with E-state index in [0.29, 0.717) is 0 Å². The quantitative estimate of drug-likeness (QED) is 0.786. The average molecular weight is 338 g/mol. The van der Waals surface area contributed by atoms with E-state index in [1.165, 1.54) is 13.0 Å². The number of nitrogens with two attached hydrogens (primary N) is 1. The number of imide groups is 1. The van der Waals surface area contributed by atoms with Gasteiger partial charge in [0.1, 0.15) is 12.0 Å². The average Bonchev–Trinajstić information content (AvgIpc) is 2.86. The highest BCUT2D eigenvalue weighted by molar-refractivity contribution is 6.22. The third-order valence-electron chi connectivity index (χ3n) is 4.01. The summed E-state index contributed by atoms with van der Waals surface area (Å²) in [6.07, 6.45) is 0.979. The Kier molecular flexibility index (Phi) is 4.10. The summed E-state index contributed by atoms with van der Waals surface area (Å²) in [6, 6.07) is 6.78. The number of primary amides is 1. The first-order valence-corrected chi connectivity index (χ1v) is 7.50. The van der Waals surface area contributed by atoms with Gasteiger partial charge in [-0.1, -0.05) is 12.1 Å². The van der Waals surface area contributed by atoms with Gasteiger partial charge >= 0.3 is 0 Å². The molecule has 1 aliphatic heterocycles. The summed E-state index contributed by atoms with van der Waals surface area (Å²) in [6.45, 7) is 1.49. The Morgan fingerprint density at radius 2 is 1.72 bits per heavy atom. The SMILES string of the molecule is CC(C(=O)Cc1cc(C(N)=O)ncn1)N1C(=O)c2ccccc2C1=O. The van der Waals surface area contributed by atoms with Crippen LogP contribution in [-0.2, 0) is 11.2 Å². The Morgan fingerprint density at radius 1 is 1.12 bits per heavy atom. The minimum atomic E-state index is -0.959. The first kappa shape index (κ1) is 16.4. The molecule has 0 saturated heterocycles. The third kappa shape index (κ3) is 2.89. The van der Waals surface area contributed by atoms with Gasteiger partial charge in [-0.3, -0.25) is 24.1 Å². The van der Waals surface area contributed by atoms with Crippen LogP contribution in [0.4, 0.5) is 0 Å². The van der Waals surface area contributed by atoms with Crippen LogP contribution in [-0.4, -0.2) is 44.4 Å². The van der Waals surface area contributed by atoms with Gasteiger partial charge in [0.2, 0.25) is 0 Å². The van der Waals surface area contributed by atoms with Gasteiger partial charge in [-0.05, 0) is 25.1 Å². The van der Waals surface area contributed by atoms with E-state index in [1.54, 1.807) is 24.3 Å². The molecule has 1 aromatic heterocycles. The van der Waals surface area contributed by atoms with Crippen LogP contribution in [0.15, 0.2) is 36.7 Å². The van der Waals surface area contributed by atoms with Crippen molar-refractivity contribution < 1.29 is 19.2 Å². The molecule has 0 saturated carbocycles. The number of ketones is 1. The van der Waals surface area contributed by atoms with Gasteiger partial charge in [-0.2, -0.15) is 0 Å². The van der Waals surface area contributed by atoms with Crippen molar-refractivity contribution in [1.29, 1.82) is 0 Å². The van der Waals surface area contributed by atoms with E-state index in [-0.39, 0.29) is 34.7 Å². The van der Waals surface area contributed by atoms with Crippen LogP contribution >= 0.6 is 0 Å². The molecule has 0 aliphatic carbocycles. The summed E-state index contributed by atoms with van der Waals surface area (Å²) in [7, 11) is 0. The van der Waals surface area contributed by atoms with E-state index in [4.69, 9.17) is 5.73 Å². The molecule has 1 aliphatic rings. The van der Waals surface area contributed by atoms with Gasteiger partial charge in [0.25, 0.3) is 17.7 Å². The van der Waals surface area contributed by atoms with Crippen LogP contribution < -0.4 is 5.73 Å². The second-order valence-corrected chi connectivity index (χ2v) is 5.60. The minimum absolute atomic E-state index is 0.00816. The summed E-state index contributed by atoms with van der Waals surface area (Å²) in [5.41, 5.74) is 5.99. The molecule has 1 atom stereocenters. The van der Waals surface area contributed by atoms with E-state index in [9.17, 15) is 19.2 Å². The fourth-order valence-corrected chi connectivity index (χ4v) is 2.66. The Labute approximate surface area is 142 Å². The van der Waals surface area contributed by atoms with Gasteiger partial charge in [-0.15, -0.1) is 0 Å². The lowest BCUT2D eigenvalue weighted by molar-refractivity contribution is -0.121. The van der Waals surface area contributed by atoms with Crippen LogP contribution in [0.1, 0.15) is 43.8 Å². The largest absolute Gasteiger partial charge is 0.364 e. The number of hydrogen-bond acceptors (Lipinski definition) is 6. The molecule has 0 bridgehead atoms. The topological polar surface area (TPSA) is 123 Å². The summed E-state index contributed by atoms with van der Waals surface area (Å²) in [4.78, 5) is 57.0. The maximum Gasteiger partial charge on any atom is 0.267 e. The van der Waals surface area contributed by atoms with Gasteiger partial charge in [0, 0.05) is 0 Å². The molecule has 1 aromatic carbocycles. The lowest BCUT2D eigenvalue weighted by Crippen LogP contribution is -2.43. The van der Waals surface area contributed by atoms with E-state index in [0.717, 1.165) is 11.2 Å². The van der Waals surface area contributed by atoms with Crippen molar-refractivity contribution in [1.82, 2.24) is 14.9 Å². The van der Waals surface area contributed by atoms with Crippen molar-refractivity contribution in [2.75, 3.05) is 0 Å². The van der Waals surface area contributed by atoms with Crippen LogP contribution in [0.25, 0.3) is 0 Å². The van der Waals surface area contributed by atoms with Crippen molar-refractivity contribution in [3.63, 3.8) is 0 Å². The Balaban J connectivity index is 1.80. The molecule has 2 heterocycles. The molecule has 0 fully saturated rings. The van der Waals surface area contributed by atoms with Crippen molar-refractivity contribution >= 4 is 23.5 Å². The zero-order valence-electron chi connectivity index (χ0n) is 13.3. The number of Topliss-reactive ketones (excluding diaryl/α,β-unsaturated/α-hetero) is 1. The standard InChI is InChI=1S/C17H14N4O4/c1-9(14(22)7-10-6-13(15(18)23)20-8-19-10)21-16(24)11-4-2-3-5-12(11)17(21)25/h2-6,8-9H,7H2,1H3,(H2,18,23). The molecule has 2 N–H and O–H groups in total. The fourth-order valence-electron chi connectivity index (χ4n) is 2.66. The van der Waals surface area contributed by atoms with Crippen molar-refractivity contribution in [3.05, 3.63) is 59.2 Å². The molecule has 126 valence electrons. The highest BCUT2D eigenvalue weighted by Crippen LogP contribution is 2.25. The lowest BCUT2D eigenvalue weighted by Gasteiger charge is -2.21. The maximum absolute atomic E-state index is 12.5. The predicted molar refractivity (Wildman–Crippen MR) is 85.7 cm³/mol. The minimum Gasteiger partial charge on any atom is -0.364 e. The molecule has 3 rings (SSSR count). The van der Waals surface area contributed by atoms with Crippen LogP contribution in [0, 0.1) is 0 Å². The van der Waals surface area contributed by atoms with E-state index in [2.05, 4.69) is 9.97 Å². The van der Waals surface area contributed by atoms with Gasteiger partial charge in [-0.25, -0.2) is 9.97 Å². The van der Waals surface area contributed by atoms with Crippen molar-refractivity contribution in [3.8, 4) is 0 Å². The smallest absolute Gasteiger partial charge is 0.267 e. The zero-order chi connectivity index (χ0) is 18.1. The molecular formula is C17H14N4O4. The van der Waals surface area contributed by atoms with E-state index < -0.39 is 23.8 Å². The molecule has 8 heteroatoms. The predicted octanol–water partition coefficient (Wildman–Crippen LogP) is 0.372. The molecule has 0 spiro atoms. The highest BCUT2D eigenvalue weighted by atomic mass is 16.2. The molecular weight excluding hydrogens is 324 g/mol. The monoisotopic (exact) mass is 338 g/mol. The second kappa shape index (κ2) is 6.23. The number of rotatable bonds is 5. The Bertz CT molecular complexity index is 874. The normalized spacial score (nSPS) is 14.4. The number of fused-ring (bicyclic) bond motifs is 1. The first-order valence-electron chi connectivity index (χ1n) is 7.50. The summed E-state index contributed by atoms with van der Waals surface area (Å²) < 4.78 is 0. The number of aromatic nitrogens is 2. The number of carbonyl (C=O) groups is 4. The molecule has 8 nitrogen and oxygen atoms in total. The van der Waals surface area contributed by atoms with Crippen LogP contribution in [0.2, 0.25) is 0 Å². The Morgan fingerprint density at radius 3 is 2.28 bits per heavy atom. The maximum atomic E-state index is 12.5. The van der Waals surface area contributed by atoms with Crippen molar-refractivity contribution in [2.45, 2.75) is 19.4 Å². The lowest BCUT2D eigenvalue weighted by atomic mass is 10.1. The molecule has 0 radical (unpaired) electrons. The van der Waals surface area contributed by atoms with Gasteiger partial charge < -0.3 is 5.73 Å².